The number of likely N-dealkylation sites (N-methyl/N-ethyl adjacent to an activating group) is 1. The molecule has 1 heterocycles. The van der Waals surface area contributed by atoms with Crippen molar-refractivity contribution in [3.8, 4) is 5.75 Å². The first-order valence-electron chi connectivity index (χ1n) is 9.45. The molecule has 1 aliphatic heterocycles. The Morgan fingerprint density at radius 3 is 2.45 bits per heavy atom. The van der Waals surface area contributed by atoms with Crippen molar-refractivity contribution in [2.75, 3.05) is 66.5 Å². The van der Waals surface area contributed by atoms with Gasteiger partial charge in [0.05, 0.1) is 6.54 Å². The topological polar surface area (TPSA) is 60.4 Å². The SMILES string of the molecule is CN=C(NCC(=O)N(C)CC(F)(F)F)N1CCN(CCOc2ccccc2)CC1. The molecule has 1 N–H and O–H groups in total. The largest absolute Gasteiger partial charge is 0.492 e. The van der Waals surface area contributed by atoms with Gasteiger partial charge in [0.15, 0.2) is 5.96 Å². The molecule has 2 rings (SSSR count). The van der Waals surface area contributed by atoms with Gasteiger partial charge in [0.25, 0.3) is 0 Å². The second-order valence-corrected chi connectivity index (χ2v) is 6.76. The van der Waals surface area contributed by atoms with E-state index in [2.05, 4.69) is 15.2 Å². The number of carbonyl (C=O) groups excluding carboxylic acids is 1. The number of para-hydroxylation sites is 1. The van der Waals surface area contributed by atoms with Crippen LogP contribution in [-0.2, 0) is 4.79 Å². The summed E-state index contributed by atoms with van der Waals surface area (Å²) in [6.45, 7) is 2.92. The molecule has 0 unspecified atom stereocenters. The summed E-state index contributed by atoms with van der Waals surface area (Å²) in [6.07, 6.45) is -4.41. The van der Waals surface area contributed by atoms with Crippen molar-refractivity contribution in [2.45, 2.75) is 6.18 Å². The van der Waals surface area contributed by atoms with Crippen molar-refractivity contribution in [3.63, 3.8) is 0 Å². The van der Waals surface area contributed by atoms with E-state index in [4.69, 9.17) is 4.74 Å². The molecule has 29 heavy (non-hydrogen) atoms. The van der Waals surface area contributed by atoms with E-state index in [1.54, 1.807) is 7.05 Å². The van der Waals surface area contributed by atoms with E-state index in [1.165, 1.54) is 0 Å². The lowest BCUT2D eigenvalue weighted by Crippen LogP contribution is -2.54. The lowest BCUT2D eigenvalue weighted by Gasteiger charge is -2.36. The van der Waals surface area contributed by atoms with Crippen LogP contribution in [0, 0.1) is 0 Å². The Morgan fingerprint density at radius 2 is 1.86 bits per heavy atom. The number of aliphatic imine (C=N–C) groups is 1. The molecule has 1 fully saturated rings. The molecule has 0 radical (unpaired) electrons. The van der Waals surface area contributed by atoms with Gasteiger partial charge in [-0.3, -0.25) is 14.7 Å². The maximum Gasteiger partial charge on any atom is 0.406 e. The maximum atomic E-state index is 12.4. The zero-order valence-corrected chi connectivity index (χ0v) is 16.8. The van der Waals surface area contributed by atoms with Crippen LogP contribution in [0.5, 0.6) is 5.75 Å². The van der Waals surface area contributed by atoms with Gasteiger partial charge in [-0.05, 0) is 12.1 Å². The van der Waals surface area contributed by atoms with Gasteiger partial charge in [-0.25, -0.2) is 0 Å². The highest BCUT2D eigenvalue weighted by Crippen LogP contribution is 2.15. The summed E-state index contributed by atoms with van der Waals surface area (Å²) in [7, 11) is 2.73. The van der Waals surface area contributed by atoms with Crippen LogP contribution in [0.2, 0.25) is 0 Å². The summed E-state index contributed by atoms with van der Waals surface area (Å²) in [5.41, 5.74) is 0. The van der Waals surface area contributed by atoms with Crippen LogP contribution in [0.15, 0.2) is 35.3 Å². The van der Waals surface area contributed by atoms with Crippen LogP contribution in [0.1, 0.15) is 0 Å². The minimum atomic E-state index is -4.41. The van der Waals surface area contributed by atoms with E-state index < -0.39 is 18.6 Å². The number of nitrogens with zero attached hydrogens (tertiary/aromatic N) is 4. The average Bonchev–Trinajstić information content (AvgIpc) is 2.69. The van der Waals surface area contributed by atoms with Crippen LogP contribution < -0.4 is 10.1 Å². The van der Waals surface area contributed by atoms with Gasteiger partial charge >= 0.3 is 6.18 Å². The molecular formula is C19H28F3N5O2. The zero-order valence-electron chi connectivity index (χ0n) is 16.8. The minimum absolute atomic E-state index is 0.232. The minimum Gasteiger partial charge on any atom is -0.492 e. The van der Waals surface area contributed by atoms with Gasteiger partial charge in [0, 0.05) is 46.8 Å². The summed E-state index contributed by atoms with van der Waals surface area (Å²) in [5.74, 6) is 0.718. The number of carbonyl (C=O) groups is 1. The van der Waals surface area contributed by atoms with Crippen molar-refractivity contribution < 1.29 is 22.7 Å². The third kappa shape index (κ3) is 8.18. The number of ether oxygens (including phenoxy) is 1. The number of piperazine rings is 1. The highest BCUT2D eigenvalue weighted by molar-refractivity contribution is 5.86. The molecule has 162 valence electrons. The number of amides is 1. The number of rotatable bonds is 7. The van der Waals surface area contributed by atoms with Crippen LogP contribution in [0.25, 0.3) is 0 Å². The molecule has 0 aliphatic carbocycles. The molecule has 0 aromatic heterocycles. The van der Waals surface area contributed by atoms with Gasteiger partial charge in [-0.15, -0.1) is 0 Å². The van der Waals surface area contributed by atoms with Crippen molar-refractivity contribution in [3.05, 3.63) is 30.3 Å². The molecule has 1 aliphatic rings. The van der Waals surface area contributed by atoms with Crippen LogP contribution in [0.3, 0.4) is 0 Å². The summed E-state index contributed by atoms with van der Waals surface area (Å²) >= 11 is 0. The van der Waals surface area contributed by atoms with E-state index in [1.807, 2.05) is 35.2 Å². The third-order valence-electron chi connectivity index (χ3n) is 4.54. The monoisotopic (exact) mass is 415 g/mol. The second-order valence-electron chi connectivity index (χ2n) is 6.76. The predicted octanol–water partition coefficient (Wildman–Crippen LogP) is 1.28. The van der Waals surface area contributed by atoms with E-state index in [0.29, 0.717) is 30.6 Å². The normalized spacial score (nSPS) is 15.9. The number of guanidine groups is 1. The zero-order chi connectivity index (χ0) is 21.3. The molecule has 10 heteroatoms. The Kier molecular flexibility index (Phi) is 8.56. The van der Waals surface area contributed by atoms with Gasteiger partial charge in [0.1, 0.15) is 18.9 Å². The summed E-state index contributed by atoms with van der Waals surface area (Å²) in [5, 5.41) is 2.86. The first-order valence-corrected chi connectivity index (χ1v) is 9.45. The highest BCUT2D eigenvalue weighted by atomic mass is 19.4. The fourth-order valence-electron chi connectivity index (χ4n) is 2.97. The number of hydrogen-bond donors (Lipinski definition) is 1. The number of halogens is 3. The molecule has 0 saturated carbocycles. The van der Waals surface area contributed by atoms with Gasteiger partial charge < -0.3 is 19.9 Å². The van der Waals surface area contributed by atoms with Crippen molar-refractivity contribution >= 4 is 11.9 Å². The molecule has 0 spiro atoms. The van der Waals surface area contributed by atoms with Gasteiger partial charge in [0.2, 0.25) is 5.91 Å². The van der Waals surface area contributed by atoms with Crippen molar-refractivity contribution in [1.29, 1.82) is 0 Å². The molecule has 0 bridgehead atoms. The van der Waals surface area contributed by atoms with E-state index in [9.17, 15) is 18.0 Å². The second kappa shape index (κ2) is 10.9. The maximum absolute atomic E-state index is 12.4. The van der Waals surface area contributed by atoms with E-state index in [-0.39, 0.29) is 6.54 Å². The smallest absolute Gasteiger partial charge is 0.406 e. The number of benzene rings is 1. The molecule has 1 amide bonds. The fraction of sp³-hybridized carbons (Fsp3) is 0.579. The highest BCUT2D eigenvalue weighted by Gasteiger charge is 2.31. The molecule has 7 nitrogen and oxygen atoms in total. The standard InChI is InChI=1S/C19H28F3N5O2/c1-23-18(24-14-17(28)25(2)15-19(20,21)22)27-10-8-26(9-11-27)12-13-29-16-6-4-3-5-7-16/h3-7H,8-15H2,1-2H3,(H,23,24). The molecule has 1 aromatic rings. The Hall–Kier alpha value is -2.49. The van der Waals surface area contributed by atoms with Gasteiger partial charge in [-0.1, -0.05) is 18.2 Å². The predicted molar refractivity (Wildman–Crippen MR) is 105 cm³/mol. The van der Waals surface area contributed by atoms with Crippen molar-refractivity contribution in [2.24, 2.45) is 4.99 Å². The van der Waals surface area contributed by atoms with E-state index in [0.717, 1.165) is 32.4 Å². The Balaban J connectivity index is 1.69. The lowest BCUT2D eigenvalue weighted by molar-refractivity contribution is -0.157. The molecule has 1 aromatic carbocycles. The summed E-state index contributed by atoms with van der Waals surface area (Å²) in [4.78, 5) is 20.9. The molecule has 0 atom stereocenters. The molecule has 1 saturated heterocycles. The number of alkyl halides is 3. The molecular weight excluding hydrogens is 387 g/mol. The average molecular weight is 415 g/mol. The van der Waals surface area contributed by atoms with E-state index >= 15 is 0 Å². The Labute approximate surface area is 169 Å². The number of nitrogens with one attached hydrogen (secondary N) is 1. The van der Waals surface area contributed by atoms with Gasteiger partial charge in [-0.2, -0.15) is 13.2 Å². The van der Waals surface area contributed by atoms with Crippen molar-refractivity contribution in [1.82, 2.24) is 20.0 Å². The fourth-order valence-corrected chi connectivity index (χ4v) is 2.97. The third-order valence-corrected chi connectivity index (χ3v) is 4.54. The summed E-state index contributed by atoms with van der Waals surface area (Å²) < 4.78 is 42.9. The Bertz CT molecular complexity index is 662. The quantitative estimate of drug-likeness (QED) is 0.537. The van der Waals surface area contributed by atoms with Crippen LogP contribution in [-0.4, -0.2) is 99.3 Å². The number of hydrogen-bond acceptors (Lipinski definition) is 4. The van der Waals surface area contributed by atoms with Crippen LogP contribution >= 0.6 is 0 Å². The Morgan fingerprint density at radius 1 is 1.21 bits per heavy atom. The lowest BCUT2D eigenvalue weighted by atomic mass is 10.3. The van der Waals surface area contributed by atoms with Crippen LogP contribution in [0.4, 0.5) is 13.2 Å². The first-order chi connectivity index (χ1) is 13.8. The first kappa shape index (κ1) is 22.8. The summed E-state index contributed by atoms with van der Waals surface area (Å²) in [6, 6.07) is 9.63.